The molecule has 2 aliphatic carbocycles. The molecule has 3 atom stereocenters. The number of fused-ring (bicyclic) bond motifs is 2. The second kappa shape index (κ2) is 4.38. The van der Waals surface area contributed by atoms with Gasteiger partial charge >= 0.3 is 0 Å². The SMILES string of the molecule is CC1(C)[C@@H]2CC[C@@]13CS(=O)(=O)N(Cc1cn4cccnc4n1)[C@@H]3C2. The van der Waals surface area contributed by atoms with Gasteiger partial charge in [-0.15, -0.1) is 0 Å². The molecule has 128 valence electrons. The monoisotopic (exact) mass is 346 g/mol. The van der Waals surface area contributed by atoms with Gasteiger partial charge in [-0.1, -0.05) is 13.8 Å². The van der Waals surface area contributed by atoms with Crippen molar-refractivity contribution >= 4 is 15.8 Å². The minimum Gasteiger partial charge on any atom is -0.291 e. The van der Waals surface area contributed by atoms with Crippen molar-refractivity contribution in [3.8, 4) is 0 Å². The summed E-state index contributed by atoms with van der Waals surface area (Å²) in [6, 6.07) is 1.98. The molecule has 1 aliphatic heterocycles. The van der Waals surface area contributed by atoms with Crippen LogP contribution in [0.15, 0.2) is 24.7 Å². The molecule has 0 aromatic carbocycles. The van der Waals surface area contributed by atoms with Crippen molar-refractivity contribution in [3.05, 3.63) is 30.4 Å². The van der Waals surface area contributed by atoms with Crippen LogP contribution in [-0.2, 0) is 16.6 Å². The van der Waals surface area contributed by atoms with Crippen LogP contribution < -0.4 is 0 Å². The Labute approximate surface area is 142 Å². The van der Waals surface area contributed by atoms with Crippen molar-refractivity contribution in [1.82, 2.24) is 18.7 Å². The van der Waals surface area contributed by atoms with E-state index in [1.807, 2.05) is 22.9 Å². The molecule has 3 aliphatic rings. The van der Waals surface area contributed by atoms with Gasteiger partial charge in [0.1, 0.15) is 0 Å². The summed E-state index contributed by atoms with van der Waals surface area (Å²) in [5.74, 6) is 1.56. The molecule has 1 saturated heterocycles. The van der Waals surface area contributed by atoms with E-state index in [0.717, 1.165) is 18.5 Å². The Kier molecular flexibility index (Phi) is 2.71. The van der Waals surface area contributed by atoms with Crippen molar-refractivity contribution in [3.63, 3.8) is 0 Å². The molecule has 24 heavy (non-hydrogen) atoms. The minimum absolute atomic E-state index is 0.0755. The topological polar surface area (TPSA) is 67.6 Å². The van der Waals surface area contributed by atoms with E-state index in [1.54, 1.807) is 10.5 Å². The lowest BCUT2D eigenvalue weighted by molar-refractivity contribution is 0.112. The number of aromatic nitrogens is 3. The van der Waals surface area contributed by atoms with Crippen molar-refractivity contribution in [2.45, 2.75) is 45.7 Å². The first kappa shape index (κ1) is 14.8. The van der Waals surface area contributed by atoms with Crippen LogP contribution in [0.2, 0.25) is 0 Å². The average Bonchev–Trinajstić information content (AvgIpc) is 3.16. The molecule has 0 unspecified atom stereocenters. The predicted molar refractivity (Wildman–Crippen MR) is 89.7 cm³/mol. The average molecular weight is 346 g/mol. The molecule has 5 rings (SSSR count). The number of hydrogen-bond acceptors (Lipinski definition) is 4. The number of nitrogens with zero attached hydrogens (tertiary/aromatic N) is 4. The van der Waals surface area contributed by atoms with E-state index in [2.05, 4.69) is 23.8 Å². The Balaban J connectivity index is 1.54. The zero-order valence-corrected chi connectivity index (χ0v) is 14.8. The lowest BCUT2D eigenvalue weighted by Gasteiger charge is -2.37. The van der Waals surface area contributed by atoms with Crippen molar-refractivity contribution in [2.75, 3.05) is 5.75 Å². The highest BCUT2D eigenvalue weighted by molar-refractivity contribution is 7.89. The van der Waals surface area contributed by atoms with Gasteiger partial charge in [0.2, 0.25) is 15.8 Å². The van der Waals surface area contributed by atoms with E-state index in [0.29, 0.717) is 24.0 Å². The largest absolute Gasteiger partial charge is 0.291 e. The van der Waals surface area contributed by atoms with Gasteiger partial charge in [0.05, 0.1) is 18.0 Å². The Hall–Kier alpha value is -1.47. The third-order valence-corrected chi connectivity index (χ3v) is 9.11. The van der Waals surface area contributed by atoms with Crippen LogP contribution in [0.1, 0.15) is 38.8 Å². The van der Waals surface area contributed by atoms with Crippen molar-refractivity contribution in [2.24, 2.45) is 16.7 Å². The molecule has 0 radical (unpaired) electrons. The van der Waals surface area contributed by atoms with Gasteiger partial charge in [0, 0.05) is 30.0 Å². The maximum Gasteiger partial charge on any atom is 0.233 e. The number of rotatable bonds is 2. The molecule has 2 aromatic rings. The molecular weight excluding hydrogens is 324 g/mol. The molecule has 2 saturated carbocycles. The van der Waals surface area contributed by atoms with Crippen molar-refractivity contribution in [1.29, 1.82) is 0 Å². The summed E-state index contributed by atoms with van der Waals surface area (Å²) in [4.78, 5) is 8.72. The summed E-state index contributed by atoms with van der Waals surface area (Å²) >= 11 is 0. The molecule has 3 heterocycles. The fourth-order valence-electron chi connectivity index (χ4n) is 5.70. The highest BCUT2D eigenvalue weighted by Gasteiger charge is 2.71. The molecule has 6 nitrogen and oxygen atoms in total. The Bertz CT molecular complexity index is 902. The van der Waals surface area contributed by atoms with Gasteiger partial charge in [-0.25, -0.2) is 18.4 Å². The Morgan fingerprint density at radius 2 is 2.21 bits per heavy atom. The van der Waals surface area contributed by atoms with E-state index < -0.39 is 10.0 Å². The summed E-state index contributed by atoms with van der Waals surface area (Å²) in [6.45, 7) is 4.91. The molecule has 0 amide bonds. The first-order chi connectivity index (χ1) is 11.3. The fourth-order valence-corrected chi connectivity index (χ4v) is 8.23. The Morgan fingerprint density at radius 1 is 1.38 bits per heavy atom. The highest BCUT2D eigenvalue weighted by atomic mass is 32.2. The predicted octanol–water partition coefficient (Wildman–Crippen LogP) is 2.07. The first-order valence-corrected chi connectivity index (χ1v) is 10.2. The normalized spacial score (nSPS) is 36.4. The van der Waals surface area contributed by atoms with E-state index >= 15 is 0 Å². The van der Waals surface area contributed by atoms with Crippen molar-refractivity contribution < 1.29 is 8.42 Å². The summed E-state index contributed by atoms with van der Waals surface area (Å²) < 4.78 is 29.5. The smallest absolute Gasteiger partial charge is 0.233 e. The standard InChI is InChI=1S/C17H22N4O2S/c1-16(2)12-4-5-17(16)11-24(22,23)21(14(17)8-12)10-13-9-20-7-3-6-18-15(20)19-13/h3,6-7,9,12,14H,4-5,8,10-11H2,1-2H3/t12-,14-,17+/m1/s1. The summed E-state index contributed by atoms with van der Waals surface area (Å²) in [7, 11) is -3.23. The molecule has 7 heteroatoms. The summed E-state index contributed by atoms with van der Waals surface area (Å²) in [5.41, 5.74) is 0.809. The van der Waals surface area contributed by atoms with Gasteiger partial charge < -0.3 is 0 Å². The zero-order valence-electron chi connectivity index (χ0n) is 14.0. The maximum absolute atomic E-state index is 12.9. The number of hydrogen-bond donors (Lipinski definition) is 0. The van der Waals surface area contributed by atoms with Gasteiger partial charge in [-0.3, -0.25) is 4.40 Å². The molecule has 2 aromatic heterocycles. The maximum atomic E-state index is 12.9. The quantitative estimate of drug-likeness (QED) is 0.835. The lowest BCUT2D eigenvalue weighted by atomic mass is 9.69. The van der Waals surface area contributed by atoms with Gasteiger partial charge in [-0.2, -0.15) is 4.31 Å². The number of sulfonamides is 1. The number of imidazole rings is 1. The van der Waals surface area contributed by atoms with Crippen LogP contribution in [0.4, 0.5) is 0 Å². The van der Waals surface area contributed by atoms with E-state index in [1.165, 1.54) is 6.42 Å². The minimum atomic E-state index is -3.23. The molecule has 1 spiro atoms. The molecule has 0 N–H and O–H groups in total. The second-order valence-corrected chi connectivity index (χ2v) is 10.1. The van der Waals surface area contributed by atoms with E-state index in [4.69, 9.17) is 0 Å². The van der Waals surface area contributed by atoms with Crippen LogP contribution in [-0.4, -0.2) is 38.9 Å². The fraction of sp³-hybridized carbons (Fsp3) is 0.647. The summed E-state index contributed by atoms with van der Waals surface area (Å²) in [5, 5.41) is 0. The van der Waals surface area contributed by atoms with E-state index in [9.17, 15) is 8.42 Å². The molecule has 3 fully saturated rings. The third-order valence-electron chi connectivity index (χ3n) is 7.14. The van der Waals surface area contributed by atoms with Gasteiger partial charge in [-0.05, 0) is 36.7 Å². The lowest BCUT2D eigenvalue weighted by Crippen LogP contribution is -2.41. The zero-order chi connectivity index (χ0) is 16.7. The first-order valence-electron chi connectivity index (χ1n) is 8.62. The second-order valence-electron chi connectivity index (χ2n) is 8.23. The molecule has 2 bridgehead atoms. The Morgan fingerprint density at radius 3 is 2.96 bits per heavy atom. The van der Waals surface area contributed by atoms with E-state index in [-0.39, 0.29) is 16.9 Å². The van der Waals surface area contributed by atoms with Crippen LogP contribution in [0.3, 0.4) is 0 Å². The summed E-state index contributed by atoms with van der Waals surface area (Å²) in [6.07, 6.45) is 8.69. The molecular formula is C17H22N4O2S. The van der Waals surface area contributed by atoms with Crippen LogP contribution >= 0.6 is 0 Å². The van der Waals surface area contributed by atoms with Gasteiger partial charge in [0.25, 0.3) is 0 Å². The van der Waals surface area contributed by atoms with Crippen LogP contribution in [0, 0.1) is 16.7 Å². The van der Waals surface area contributed by atoms with Gasteiger partial charge in [0.15, 0.2) is 0 Å². The van der Waals surface area contributed by atoms with Crippen LogP contribution in [0.5, 0.6) is 0 Å². The third kappa shape index (κ3) is 1.67. The highest BCUT2D eigenvalue weighted by Crippen LogP contribution is 2.70. The van der Waals surface area contributed by atoms with Crippen LogP contribution in [0.25, 0.3) is 5.78 Å².